The predicted molar refractivity (Wildman–Crippen MR) is 96.3 cm³/mol. The number of hydrogen-bond acceptors (Lipinski definition) is 3. The van der Waals surface area contributed by atoms with E-state index in [-0.39, 0.29) is 18.2 Å². The number of nitrogens with one attached hydrogen (secondary N) is 1. The smallest absolute Gasteiger partial charge is 0.350 e. The van der Waals surface area contributed by atoms with Crippen LogP contribution in [-0.4, -0.2) is 9.97 Å². The SMILES string of the molecule is FC(F)(F)c1cc(-c2ccc(Cl)cc2)nc(NCc2ccc(Cl)cc2)n1. The van der Waals surface area contributed by atoms with Gasteiger partial charge in [-0.1, -0.05) is 47.5 Å². The van der Waals surface area contributed by atoms with Gasteiger partial charge in [0.15, 0.2) is 5.69 Å². The van der Waals surface area contributed by atoms with Gasteiger partial charge in [-0.05, 0) is 35.9 Å². The van der Waals surface area contributed by atoms with Gasteiger partial charge in [0.25, 0.3) is 0 Å². The topological polar surface area (TPSA) is 37.8 Å². The average molecular weight is 398 g/mol. The third-order valence-electron chi connectivity index (χ3n) is 3.52. The molecule has 0 saturated heterocycles. The number of alkyl halides is 3. The van der Waals surface area contributed by atoms with Gasteiger partial charge in [-0.15, -0.1) is 0 Å². The molecule has 3 rings (SSSR count). The summed E-state index contributed by atoms with van der Waals surface area (Å²) in [7, 11) is 0. The van der Waals surface area contributed by atoms with E-state index >= 15 is 0 Å². The maximum Gasteiger partial charge on any atom is 0.433 e. The van der Waals surface area contributed by atoms with E-state index in [1.807, 2.05) is 0 Å². The monoisotopic (exact) mass is 397 g/mol. The predicted octanol–water partition coefficient (Wildman–Crippen LogP) is 6.08. The first-order valence-corrected chi connectivity index (χ1v) is 8.27. The van der Waals surface area contributed by atoms with E-state index in [9.17, 15) is 13.2 Å². The minimum Gasteiger partial charge on any atom is -0.350 e. The Bertz CT molecular complexity index is 895. The van der Waals surface area contributed by atoms with Gasteiger partial charge < -0.3 is 5.32 Å². The Morgan fingerprint density at radius 2 is 1.42 bits per heavy atom. The molecular formula is C18H12Cl2F3N3. The second kappa shape index (κ2) is 7.51. The highest BCUT2D eigenvalue weighted by Crippen LogP contribution is 2.31. The van der Waals surface area contributed by atoms with Crippen molar-refractivity contribution in [1.29, 1.82) is 0 Å². The van der Waals surface area contributed by atoms with Gasteiger partial charge in [-0.25, -0.2) is 9.97 Å². The molecule has 3 aromatic rings. The standard InChI is InChI=1S/C18H12Cl2F3N3/c19-13-5-1-11(2-6-13)10-24-17-25-15(9-16(26-17)18(21,22)23)12-3-7-14(20)8-4-12/h1-9H,10H2,(H,24,25,26). The van der Waals surface area contributed by atoms with Crippen molar-refractivity contribution >= 4 is 29.2 Å². The molecule has 3 nitrogen and oxygen atoms in total. The van der Waals surface area contributed by atoms with Crippen molar-refractivity contribution in [2.24, 2.45) is 0 Å². The molecule has 1 aromatic heterocycles. The van der Waals surface area contributed by atoms with Crippen molar-refractivity contribution in [3.8, 4) is 11.3 Å². The van der Waals surface area contributed by atoms with Crippen molar-refractivity contribution in [2.75, 3.05) is 5.32 Å². The van der Waals surface area contributed by atoms with Crippen LogP contribution < -0.4 is 5.32 Å². The largest absolute Gasteiger partial charge is 0.433 e. The summed E-state index contributed by atoms with van der Waals surface area (Å²) in [4.78, 5) is 7.77. The van der Waals surface area contributed by atoms with Gasteiger partial charge in [-0.3, -0.25) is 0 Å². The summed E-state index contributed by atoms with van der Waals surface area (Å²) >= 11 is 11.6. The highest BCUT2D eigenvalue weighted by atomic mass is 35.5. The first-order chi connectivity index (χ1) is 12.3. The van der Waals surface area contributed by atoms with Gasteiger partial charge in [0.05, 0.1) is 5.69 Å². The lowest BCUT2D eigenvalue weighted by atomic mass is 10.1. The second-order valence-electron chi connectivity index (χ2n) is 5.45. The van der Waals surface area contributed by atoms with Crippen molar-refractivity contribution in [2.45, 2.75) is 12.7 Å². The Kier molecular flexibility index (Phi) is 5.34. The molecule has 0 bridgehead atoms. The first kappa shape index (κ1) is 18.5. The molecule has 0 fully saturated rings. The van der Waals surface area contributed by atoms with Crippen molar-refractivity contribution in [3.63, 3.8) is 0 Å². The molecule has 2 aromatic carbocycles. The zero-order valence-corrected chi connectivity index (χ0v) is 14.7. The fourth-order valence-corrected chi connectivity index (χ4v) is 2.48. The van der Waals surface area contributed by atoms with E-state index in [0.29, 0.717) is 15.6 Å². The molecule has 1 N–H and O–H groups in total. The molecule has 26 heavy (non-hydrogen) atoms. The van der Waals surface area contributed by atoms with Gasteiger partial charge in [-0.2, -0.15) is 13.2 Å². The Morgan fingerprint density at radius 3 is 2.00 bits per heavy atom. The number of hydrogen-bond donors (Lipinski definition) is 1. The van der Waals surface area contributed by atoms with Crippen LogP contribution in [0.2, 0.25) is 10.0 Å². The Balaban J connectivity index is 1.92. The van der Waals surface area contributed by atoms with Crippen LogP contribution >= 0.6 is 23.2 Å². The van der Waals surface area contributed by atoms with Gasteiger partial charge in [0.1, 0.15) is 0 Å². The highest BCUT2D eigenvalue weighted by molar-refractivity contribution is 6.30. The summed E-state index contributed by atoms with van der Waals surface area (Å²) in [5.74, 6) is -0.111. The van der Waals surface area contributed by atoms with E-state index in [4.69, 9.17) is 23.2 Å². The number of nitrogens with zero attached hydrogens (tertiary/aromatic N) is 2. The number of anilines is 1. The fourth-order valence-electron chi connectivity index (χ4n) is 2.22. The van der Waals surface area contributed by atoms with Crippen molar-refractivity contribution in [1.82, 2.24) is 9.97 Å². The molecule has 0 spiro atoms. The summed E-state index contributed by atoms with van der Waals surface area (Å²) in [6.45, 7) is 0.262. The molecule has 0 aliphatic carbocycles. The Labute approximate surface area is 157 Å². The zero-order chi connectivity index (χ0) is 18.7. The summed E-state index contributed by atoms with van der Waals surface area (Å²) in [6.07, 6.45) is -4.58. The van der Waals surface area contributed by atoms with Crippen LogP contribution in [0.5, 0.6) is 0 Å². The lowest BCUT2D eigenvalue weighted by molar-refractivity contribution is -0.141. The van der Waals surface area contributed by atoms with E-state index in [1.165, 1.54) is 0 Å². The quantitative estimate of drug-likeness (QED) is 0.579. The molecule has 0 radical (unpaired) electrons. The summed E-state index contributed by atoms with van der Waals surface area (Å²) in [5, 5.41) is 3.89. The molecule has 0 unspecified atom stereocenters. The Morgan fingerprint density at radius 1 is 0.846 bits per heavy atom. The van der Waals surface area contributed by atoms with Gasteiger partial charge in [0, 0.05) is 22.2 Å². The van der Waals surface area contributed by atoms with E-state index in [2.05, 4.69) is 15.3 Å². The number of rotatable bonds is 4. The van der Waals surface area contributed by atoms with E-state index in [1.54, 1.807) is 48.5 Å². The van der Waals surface area contributed by atoms with E-state index < -0.39 is 11.9 Å². The normalized spacial score (nSPS) is 11.4. The number of aromatic nitrogens is 2. The van der Waals surface area contributed by atoms with Crippen LogP contribution in [-0.2, 0) is 12.7 Å². The third kappa shape index (κ3) is 4.65. The first-order valence-electron chi connectivity index (χ1n) is 7.52. The molecule has 0 saturated carbocycles. The molecule has 134 valence electrons. The van der Waals surface area contributed by atoms with E-state index in [0.717, 1.165) is 11.6 Å². The lowest BCUT2D eigenvalue weighted by Crippen LogP contribution is -2.12. The molecule has 0 aliphatic rings. The molecule has 0 aliphatic heterocycles. The lowest BCUT2D eigenvalue weighted by Gasteiger charge is -2.12. The summed E-state index contributed by atoms with van der Waals surface area (Å²) in [6, 6.07) is 14.2. The van der Waals surface area contributed by atoms with Gasteiger partial charge >= 0.3 is 6.18 Å². The minimum atomic E-state index is -4.58. The molecule has 0 atom stereocenters. The van der Waals surface area contributed by atoms with Crippen molar-refractivity contribution < 1.29 is 13.2 Å². The third-order valence-corrected chi connectivity index (χ3v) is 4.02. The van der Waals surface area contributed by atoms with Gasteiger partial charge in [0.2, 0.25) is 5.95 Å². The highest BCUT2D eigenvalue weighted by Gasteiger charge is 2.33. The van der Waals surface area contributed by atoms with Crippen LogP contribution in [0.1, 0.15) is 11.3 Å². The number of benzene rings is 2. The second-order valence-corrected chi connectivity index (χ2v) is 6.32. The minimum absolute atomic E-state index is 0.111. The van der Waals surface area contributed by atoms with Crippen LogP contribution in [0.3, 0.4) is 0 Å². The average Bonchev–Trinajstić information content (AvgIpc) is 2.61. The maximum absolute atomic E-state index is 13.2. The molecule has 8 heteroatoms. The zero-order valence-electron chi connectivity index (χ0n) is 13.2. The molecule has 0 amide bonds. The van der Waals surface area contributed by atoms with Crippen LogP contribution in [0.25, 0.3) is 11.3 Å². The number of halogens is 5. The molecular weight excluding hydrogens is 386 g/mol. The van der Waals surface area contributed by atoms with Crippen LogP contribution in [0.15, 0.2) is 54.6 Å². The fraction of sp³-hybridized carbons (Fsp3) is 0.111. The van der Waals surface area contributed by atoms with Crippen LogP contribution in [0, 0.1) is 0 Å². The summed E-state index contributed by atoms with van der Waals surface area (Å²) < 4.78 is 39.5. The molecule has 1 heterocycles. The summed E-state index contributed by atoms with van der Waals surface area (Å²) in [5.41, 5.74) is 0.485. The maximum atomic E-state index is 13.2. The van der Waals surface area contributed by atoms with Crippen molar-refractivity contribution in [3.05, 3.63) is 75.9 Å². The van der Waals surface area contributed by atoms with Crippen LogP contribution in [0.4, 0.5) is 19.1 Å². The Hall–Kier alpha value is -2.31.